The fourth-order valence-corrected chi connectivity index (χ4v) is 4.46. The van der Waals surface area contributed by atoms with E-state index in [4.69, 9.17) is 4.74 Å². The maximum Gasteiger partial charge on any atom is 0.253 e. The second-order valence-corrected chi connectivity index (χ2v) is 8.23. The van der Waals surface area contributed by atoms with E-state index in [-0.39, 0.29) is 11.3 Å². The predicted molar refractivity (Wildman–Crippen MR) is 103 cm³/mol. The Morgan fingerprint density at radius 1 is 1.23 bits per heavy atom. The molecule has 4 rings (SSSR count). The van der Waals surface area contributed by atoms with Crippen LogP contribution in [0.1, 0.15) is 37.0 Å². The van der Waals surface area contributed by atoms with Gasteiger partial charge in [-0.15, -0.1) is 0 Å². The van der Waals surface area contributed by atoms with Gasteiger partial charge in [0.1, 0.15) is 0 Å². The topological polar surface area (TPSA) is 48.6 Å². The van der Waals surface area contributed by atoms with Gasteiger partial charge in [0.05, 0.1) is 13.2 Å². The molecule has 1 aromatic carbocycles. The Morgan fingerprint density at radius 3 is 2.96 bits per heavy atom. The van der Waals surface area contributed by atoms with E-state index in [1.807, 2.05) is 35.4 Å². The Hall–Kier alpha value is -1.85. The lowest BCUT2D eigenvalue weighted by Gasteiger charge is -2.44. The smallest absolute Gasteiger partial charge is 0.253 e. The van der Waals surface area contributed by atoms with Crippen molar-refractivity contribution in [2.45, 2.75) is 32.7 Å². The normalized spacial score (nSPS) is 25.1. The molecule has 2 aliphatic heterocycles. The fraction of sp³-hybridized carbons (Fsp3) is 0.571. The molecule has 1 spiro atoms. The second-order valence-electron chi connectivity index (χ2n) is 8.23. The van der Waals surface area contributed by atoms with Gasteiger partial charge in [-0.2, -0.15) is 0 Å². The number of benzene rings is 1. The molecule has 0 bridgehead atoms. The highest BCUT2D eigenvalue weighted by atomic mass is 16.5. The quantitative estimate of drug-likeness (QED) is 0.900. The van der Waals surface area contributed by atoms with E-state index in [0.717, 1.165) is 68.7 Å². The Morgan fingerprint density at radius 2 is 2.12 bits per heavy atom. The number of hydrogen-bond donors (Lipinski definition) is 1. The van der Waals surface area contributed by atoms with Gasteiger partial charge in [-0.05, 0) is 51.0 Å². The number of carbonyl (C=O) groups excluding carboxylic acids is 1. The highest BCUT2D eigenvalue weighted by molar-refractivity contribution is 5.98. The first-order chi connectivity index (χ1) is 12.6. The number of H-pyrrole nitrogens is 1. The second kappa shape index (κ2) is 7.05. The van der Waals surface area contributed by atoms with E-state index in [1.165, 1.54) is 0 Å². The van der Waals surface area contributed by atoms with Gasteiger partial charge in [0.2, 0.25) is 0 Å². The van der Waals surface area contributed by atoms with Crippen LogP contribution in [-0.4, -0.2) is 66.1 Å². The van der Waals surface area contributed by atoms with Crippen molar-refractivity contribution in [2.24, 2.45) is 5.41 Å². The molecule has 2 aromatic rings. The Balaban J connectivity index is 1.54. The zero-order valence-corrected chi connectivity index (χ0v) is 15.8. The number of nitrogens with zero attached hydrogens (tertiary/aromatic N) is 2. The highest BCUT2D eigenvalue weighted by Gasteiger charge is 2.40. The molecular formula is C21H29N3O2. The van der Waals surface area contributed by atoms with Gasteiger partial charge in [-0.1, -0.05) is 0 Å². The first-order valence-electron chi connectivity index (χ1n) is 9.75. The van der Waals surface area contributed by atoms with Crippen molar-refractivity contribution in [3.05, 3.63) is 36.0 Å². The minimum atomic E-state index is 0.0624. The van der Waals surface area contributed by atoms with Crippen LogP contribution < -0.4 is 0 Å². The number of nitrogens with one attached hydrogen (secondary N) is 1. The molecule has 5 nitrogen and oxygen atoms in total. The molecule has 2 fully saturated rings. The van der Waals surface area contributed by atoms with Gasteiger partial charge in [0.15, 0.2) is 0 Å². The molecule has 1 atom stereocenters. The summed E-state index contributed by atoms with van der Waals surface area (Å²) >= 11 is 0. The summed E-state index contributed by atoms with van der Waals surface area (Å²) in [5.74, 6) is 0.146. The van der Waals surface area contributed by atoms with Gasteiger partial charge in [-0.3, -0.25) is 9.69 Å². The third kappa shape index (κ3) is 3.38. The molecule has 0 unspecified atom stereocenters. The summed E-state index contributed by atoms with van der Waals surface area (Å²) in [6.07, 6.45) is 4.10. The van der Waals surface area contributed by atoms with Gasteiger partial charge < -0.3 is 14.6 Å². The summed E-state index contributed by atoms with van der Waals surface area (Å²) in [4.78, 5) is 20.9. The van der Waals surface area contributed by atoms with E-state index >= 15 is 0 Å². The van der Waals surface area contributed by atoms with Crippen LogP contribution in [0.3, 0.4) is 0 Å². The highest BCUT2D eigenvalue weighted by Crippen LogP contribution is 2.34. The Kier molecular flexibility index (Phi) is 4.76. The molecule has 1 amide bonds. The summed E-state index contributed by atoms with van der Waals surface area (Å²) < 4.78 is 5.97. The van der Waals surface area contributed by atoms with E-state index in [9.17, 15) is 4.79 Å². The number of hydrogen-bond acceptors (Lipinski definition) is 3. The molecule has 2 saturated heterocycles. The lowest BCUT2D eigenvalue weighted by molar-refractivity contribution is 0.00573. The SMILES string of the molecule is CC(C)N1CCOC[C@@]2(CCCN(C(=O)c3ccc4[nH]ccc4c3)C2)C1. The van der Waals surface area contributed by atoms with Crippen molar-refractivity contribution in [3.63, 3.8) is 0 Å². The van der Waals surface area contributed by atoms with Crippen LogP contribution >= 0.6 is 0 Å². The number of likely N-dealkylation sites (tertiary alicyclic amines) is 1. The van der Waals surface area contributed by atoms with Crippen molar-refractivity contribution in [1.29, 1.82) is 0 Å². The number of piperidine rings is 1. The maximum atomic E-state index is 13.2. The number of carbonyl (C=O) groups is 1. The van der Waals surface area contributed by atoms with E-state index in [0.29, 0.717) is 6.04 Å². The standard InChI is InChI=1S/C21H29N3O2/c1-16(2)23-10-11-26-15-21(13-23)7-3-9-24(14-21)20(25)18-4-5-19-17(12-18)6-8-22-19/h4-6,8,12,16,22H,3,7,9-11,13-15H2,1-2H3/t21-/m0/s1. The number of fused-ring (bicyclic) bond motifs is 1. The predicted octanol–water partition coefficient (Wildman–Crippen LogP) is 3.13. The minimum absolute atomic E-state index is 0.0624. The number of aromatic amines is 1. The third-order valence-corrected chi connectivity index (χ3v) is 5.95. The molecule has 3 heterocycles. The van der Waals surface area contributed by atoms with Crippen LogP contribution in [0.4, 0.5) is 0 Å². The molecule has 1 N–H and O–H groups in total. The van der Waals surface area contributed by atoms with Crippen molar-refractivity contribution in [3.8, 4) is 0 Å². The minimum Gasteiger partial charge on any atom is -0.379 e. The van der Waals surface area contributed by atoms with Crippen LogP contribution in [-0.2, 0) is 4.74 Å². The summed E-state index contributed by atoms with van der Waals surface area (Å²) in [6, 6.07) is 8.46. The number of aromatic nitrogens is 1. The van der Waals surface area contributed by atoms with E-state index < -0.39 is 0 Å². The third-order valence-electron chi connectivity index (χ3n) is 5.95. The largest absolute Gasteiger partial charge is 0.379 e. The molecule has 0 aliphatic carbocycles. The summed E-state index contributed by atoms with van der Waals surface area (Å²) in [5.41, 5.74) is 1.91. The first kappa shape index (κ1) is 17.6. The van der Waals surface area contributed by atoms with Gasteiger partial charge in [0, 0.05) is 60.3 Å². The van der Waals surface area contributed by atoms with Gasteiger partial charge >= 0.3 is 0 Å². The van der Waals surface area contributed by atoms with Gasteiger partial charge in [-0.25, -0.2) is 0 Å². The zero-order valence-electron chi connectivity index (χ0n) is 15.8. The molecule has 0 saturated carbocycles. The van der Waals surface area contributed by atoms with Crippen LogP contribution in [0.2, 0.25) is 0 Å². The van der Waals surface area contributed by atoms with Crippen LogP contribution in [0.15, 0.2) is 30.5 Å². The van der Waals surface area contributed by atoms with Crippen molar-refractivity contribution < 1.29 is 9.53 Å². The number of rotatable bonds is 2. The number of amides is 1. The average Bonchev–Trinajstić information content (AvgIpc) is 3.02. The van der Waals surface area contributed by atoms with Crippen LogP contribution in [0.25, 0.3) is 10.9 Å². The molecular weight excluding hydrogens is 326 g/mol. The van der Waals surface area contributed by atoms with Crippen molar-refractivity contribution in [2.75, 3.05) is 39.4 Å². The van der Waals surface area contributed by atoms with E-state index in [2.05, 4.69) is 23.7 Å². The molecule has 26 heavy (non-hydrogen) atoms. The zero-order chi connectivity index (χ0) is 18.1. The van der Waals surface area contributed by atoms with Crippen molar-refractivity contribution >= 4 is 16.8 Å². The molecule has 5 heteroatoms. The lowest BCUT2D eigenvalue weighted by Crippen LogP contribution is -2.53. The summed E-state index contributed by atoms with van der Waals surface area (Å²) in [5, 5.41) is 1.09. The van der Waals surface area contributed by atoms with E-state index in [1.54, 1.807) is 0 Å². The molecule has 0 radical (unpaired) electrons. The maximum absolute atomic E-state index is 13.2. The molecule has 2 aliphatic rings. The average molecular weight is 355 g/mol. The fourth-order valence-electron chi connectivity index (χ4n) is 4.46. The van der Waals surface area contributed by atoms with Crippen molar-refractivity contribution in [1.82, 2.24) is 14.8 Å². The number of ether oxygens (including phenoxy) is 1. The van der Waals surface area contributed by atoms with Crippen LogP contribution in [0, 0.1) is 5.41 Å². The molecule has 1 aromatic heterocycles. The monoisotopic (exact) mass is 355 g/mol. The molecule has 140 valence electrons. The van der Waals surface area contributed by atoms with Crippen LogP contribution in [0.5, 0.6) is 0 Å². The first-order valence-corrected chi connectivity index (χ1v) is 9.75. The summed E-state index contributed by atoms with van der Waals surface area (Å²) in [7, 11) is 0. The Labute approximate surface area is 155 Å². The lowest BCUT2D eigenvalue weighted by atomic mass is 9.79. The summed E-state index contributed by atoms with van der Waals surface area (Å²) in [6.45, 7) is 9.68. The van der Waals surface area contributed by atoms with Gasteiger partial charge in [0.25, 0.3) is 5.91 Å². The Bertz CT molecular complexity index is 784.